The number of carboxylic acid groups (broad SMARTS) is 2. The number of rotatable bonds is 2. The number of nitrogens with zero attached hydrogens (tertiary/aromatic N) is 2. The smallest absolute Gasteiger partial charge is 0.380 e. The van der Waals surface area contributed by atoms with Gasteiger partial charge in [0.1, 0.15) is 0 Å². The summed E-state index contributed by atoms with van der Waals surface area (Å²) in [5.41, 5.74) is -0.454. The van der Waals surface area contributed by atoms with Crippen molar-refractivity contribution in [1.82, 2.24) is 4.57 Å². The molecule has 1 aromatic heterocycles. The van der Waals surface area contributed by atoms with Gasteiger partial charge in [-0.05, 0) is 0 Å². The van der Waals surface area contributed by atoms with E-state index in [9.17, 15) is 9.59 Å². The number of aryl methyl sites for hydroxylation is 2. The van der Waals surface area contributed by atoms with E-state index in [2.05, 4.69) is 0 Å². The van der Waals surface area contributed by atoms with Gasteiger partial charge in [-0.2, -0.15) is 0 Å². The van der Waals surface area contributed by atoms with E-state index < -0.39 is 11.9 Å². The van der Waals surface area contributed by atoms with Crippen LogP contribution in [0.15, 0.2) is 6.33 Å². The van der Waals surface area contributed by atoms with Crippen molar-refractivity contribution in [2.24, 2.45) is 14.1 Å². The van der Waals surface area contributed by atoms with Gasteiger partial charge in [-0.3, -0.25) is 0 Å². The summed E-state index contributed by atoms with van der Waals surface area (Å²) in [6.07, 6.45) is 1.40. The number of hydrogen-bond donors (Lipinski definition) is 2. The monoisotopic (exact) mass is 185 g/mol. The highest BCUT2D eigenvalue weighted by atomic mass is 16.4. The molecule has 2 N–H and O–H groups in total. The maximum atomic E-state index is 10.7. The fraction of sp³-hybridized carbons (Fsp3) is 0.286. The third-order valence-corrected chi connectivity index (χ3v) is 1.68. The molecule has 1 rings (SSSR count). The lowest BCUT2D eigenvalue weighted by Gasteiger charge is -1.90. The van der Waals surface area contributed by atoms with Gasteiger partial charge >= 0.3 is 11.9 Å². The van der Waals surface area contributed by atoms with Gasteiger partial charge < -0.3 is 10.2 Å². The van der Waals surface area contributed by atoms with Gasteiger partial charge in [-0.25, -0.2) is 18.7 Å². The van der Waals surface area contributed by atoms with Crippen LogP contribution in [0, 0.1) is 0 Å². The summed E-state index contributed by atoms with van der Waals surface area (Å²) in [5, 5.41) is 17.4. The molecule has 0 spiro atoms. The van der Waals surface area contributed by atoms with E-state index >= 15 is 0 Å². The normalized spacial score (nSPS) is 10.0. The molecule has 6 heteroatoms. The number of carbonyl (C=O) groups is 2. The topological polar surface area (TPSA) is 83.4 Å². The van der Waals surface area contributed by atoms with Crippen molar-refractivity contribution in [3.05, 3.63) is 17.7 Å². The first-order chi connectivity index (χ1) is 5.95. The van der Waals surface area contributed by atoms with Crippen LogP contribution in [0.25, 0.3) is 0 Å². The molecule has 0 fully saturated rings. The Morgan fingerprint density at radius 3 is 2.23 bits per heavy atom. The fourth-order valence-electron chi connectivity index (χ4n) is 1.21. The highest BCUT2D eigenvalue weighted by molar-refractivity contribution is 5.97. The summed E-state index contributed by atoms with van der Waals surface area (Å²) in [5.74, 6) is -2.50. The van der Waals surface area contributed by atoms with Crippen molar-refractivity contribution in [2.75, 3.05) is 0 Å². The van der Waals surface area contributed by atoms with E-state index in [-0.39, 0.29) is 11.4 Å². The lowest BCUT2D eigenvalue weighted by molar-refractivity contribution is -0.673. The fourth-order valence-corrected chi connectivity index (χ4v) is 1.21. The first-order valence-corrected chi connectivity index (χ1v) is 3.46. The van der Waals surface area contributed by atoms with E-state index in [4.69, 9.17) is 10.2 Å². The van der Waals surface area contributed by atoms with Crippen molar-refractivity contribution in [3.63, 3.8) is 0 Å². The highest BCUT2D eigenvalue weighted by Gasteiger charge is 2.30. The largest absolute Gasteiger partial charge is 0.475 e. The van der Waals surface area contributed by atoms with Gasteiger partial charge in [0.2, 0.25) is 6.33 Å². The standard InChI is InChI=1S/C7H8N2O4/c1-8-3-9(2)5(7(12)13)4(8)6(10)11/h3H,1-2H3,(H-,10,11,12,13)/p+1. The minimum Gasteiger partial charge on any atom is -0.475 e. The van der Waals surface area contributed by atoms with Crippen molar-refractivity contribution < 1.29 is 24.4 Å². The average molecular weight is 185 g/mol. The predicted octanol–water partition coefficient (Wildman–Crippen LogP) is -0.754. The van der Waals surface area contributed by atoms with E-state index in [1.165, 1.54) is 29.6 Å². The molecule has 0 saturated carbocycles. The lowest BCUT2D eigenvalue weighted by atomic mass is 10.3. The van der Waals surface area contributed by atoms with Gasteiger partial charge in [0.05, 0.1) is 14.1 Å². The summed E-state index contributed by atoms with van der Waals surface area (Å²) in [6, 6.07) is 0. The van der Waals surface area contributed by atoms with Crippen molar-refractivity contribution in [3.8, 4) is 0 Å². The second-order valence-electron chi connectivity index (χ2n) is 2.64. The molecule has 1 heterocycles. The van der Waals surface area contributed by atoms with E-state index in [1.807, 2.05) is 0 Å². The lowest BCUT2D eigenvalue weighted by Crippen LogP contribution is -2.33. The Morgan fingerprint density at radius 1 is 1.38 bits per heavy atom. The molecule has 0 aliphatic heterocycles. The van der Waals surface area contributed by atoms with Gasteiger partial charge in [-0.15, -0.1) is 0 Å². The zero-order valence-electron chi connectivity index (χ0n) is 7.18. The van der Waals surface area contributed by atoms with Crippen LogP contribution in [-0.2, 0) is 14.1 Å². The summed E-state index contributed by atoms with van der Waals surface area (Å²) >= 11 is 0. The number of aromatic carboxylic acids is 2. The summed E-state index contributed by atoms with van der Waals surface area (Å²) in [6.45, 7) is 0. The molecular weight excluding hydrogens is 176 g/mol. The van der Waals surface area contributed by atoms with E-state index in [1.54, 1.807) is 0 Å². The molecule has 6 nitrogen and oxygen atoms in total. The SMILES string of the molecule is Cn1c[n+](C)c(C(=O)O)c1C(=O)O. The van der Waals surface area contributed by atoms with Gasteiger partial charge in [0, 0.05) is 0 Å². The van der Waals surface area contributed by atoms with Gasteiger partial charge in [0.25, 0.3) is 11.4 Å². The molecule has 1 aromatic rings. The number of hydrogen-bond acceptors (Lipinski definition) is 2. The summed E-state index contributed by atoms with van der Waals surface area (Å²) in [4.78, 5) is 21.3. The van der Waals surface area contributed by atoms with Crippen LogP contribution in [0.2, 0.25) is 0 Å². The third-order valence-electron chi connectivity index (χ3n) is 1.68. The Bertz CT molecular complexity index is 346. The van der Waals surface area contributed by atoms with Crippen LogP contribution in [0.5, 0.6) is 0 Å². The zero-order valence-corrected chi connectivity index (χ0v) is 7.18. The van der Waals surface area contributed by atoms with Crippen molar-refractivity contribution in [1.29, 1.82) is 0 Å². The second kappa shape index (κ2) is 2.89. The molecule has 0 aromatic carbocycles. The Kier molecular flexibility index (Phi) is 2.05. The molecule has 0 aliphatic rings. The van der Waals surface area contributed by atoms with Crippen LogP contribution < -0.4 is 4.57 Å². The molecule has 0 aliphatic carbocycles. The molecule has 0 radical (unpaired) electrons. The molecule has 0 unspecified atom stereocenters. The summed E-state index contributed by atoms with van der Waals surface area (Å²) in [7, 11) is 2.96. The Hall–Kier alpha value is -1.85. The average Bonchev–Trinajstić information content (AvgIpc) is 2.24. The first kappa shape index (κ1) is 9.24. The second-order valence-corrected chi connectivity index (χ2v) is 2.64. The first-order valence-electron chi connectivity index (χ1n) is 3.46. The number of carboxylic acids is 2. The van der Waals surface area contributed by atoms with E-state index in [0.29, 0.717) is 0 Å². The molecule has 70 valence electrons. The third kappa shape index (κ3) is 1.37. The number of aromatic nitrogens is 2. The maximum Gasteiger partial charge on any atom is 0.380 e. The van der Waals surface area contributed by atoms with Crippen molar-refractivity contribution in [2.45, 2.75) is 0 Å². The molecule has 0 saturated heterocycles. The maximum absolute atomic E-state index is 10.7. The van der Waals surface area contributed by atoms with Crippen LogP contribution in [0.3, 0.4) is 0 Å². The highest BCUT2D eigenvalue weighted by Crippen LogP contribution is 2.03. The summed E-state index contributed by atoms with van der Waals surface area (Å²) < 4.78 is 2.51. The molecule has 13 heavy (non-hydrogen) atoms. The number of imidazole rings is 1. The minimum atomic E-state index is -1.25. The van der Waals surface area contributed by atoms with Gasteiger partial charge in [0.15, 0.2) is 0 Å². The zero-order chi connectivity index (χ0) is 10.2. The van der Waals surface area contributed by atoms with E-state index in [0.717, 1.165) is 0 Å². The van der Waals surface area contributed by atoms with Crippen LogP contribution in [0.1, 0.15) is 21.0 Å². The minimum absolute atomic E-state index is 0.227. The quantitative estimate of drug-likeness (QED) is 0.593. The van der Waals surface area contributed by atoms with Crippen LogP contribution >= 0.6 is 0 Å². The predicted molar refractivity (Wildman–Crippen MR) is 40.5 cm³/mol. The Morgan fingerprint density at radius 2 is 1.92 bits per heavy atom. The molecular formula is C7H9N2O4+. The molecule has 0 atom stereocenters. The van der Waals surface area contributed by atoms with Crippen LogP contribution in [-0.4, -0.2) is 26.7 Å². The van der Waals surface area contributed by atoms with Crippen LogP contribution in [0.4, 0.5) is 0 Å². The van der Waals surface area contributed by atoms with Crippen molar-refractivity contribution >= 4 is 11.9 Å². The van der Waals surface area contributed by atoms with Gasteiger partial charge in [-0.1, -0.05) is 0 Å². The molecule has 0 bridgehead atoms. The molecule has 0 amide bonds. The Balaban J connectivity index is 3.47. The Labute approximate surface area is 73.7 Å².